The zero-order chi connectivity index (χ0) is 18.6. The van der Waals surface area contributed by atoms with Crippen molar-refractivity contribution in [1.82, 2.24) is 10.3 Å². The van der Waals surface area contributed by atoms with Gasteiger partial charge in [-0.1, -0.05) is 30.3 Å². The first kappa shape index (κ1) is 17.5. The molecule has 5 nitrogen and oxygen atoms in total. The molecule has 27 heavy (non-hydrogen) atoms. The average molecular weight is 360 g/mol. The van der Waals surface area contributed by atoms with E-state index in [2.05, 4.69) is 33.4 Å². The van der Waals surface area contributed by atoms with Gasteiger partial charge < -0.3 is 10.2 Å². The fraction of sp³-hybridized carbons (Fsp3) is 0.409. The SMILES string of the molecule is N#Cc1ccc(N2CCC(C(=O)NC(c3ccccc3)C3CC3)CC2)nc1. The molecular formula is C22H24N4O. The summed E-state index contributed by atoms with van der Waals surface area (Å²) < 4.78 is 0. The topological polar surface area (TPSA) is 69.0 Å². The quantitative estimate of drug-likeness (QED) is 0.887. The molecule has 1 N–H and O–H groups in total. The highest BCUT2D eigenvalue weighted by molar-refractivity contribution is 5.79. The second kappa shape index (κ2) is 7.79. The Bertz CT molecular complexity index is 816. The second-order valence-electron chi connectivity index (χ2n) is 7.51. The van der Waals surface area contributed by atoms with Gasteiger partial charge in [-0.2, -0.15) is 5.26 Å². The number of nitrogens with one attached hydrogen (secondary N) is 1. The summed E-state index contributed by atoms with van der Waals surface area (Å²) in [5.41, 5.74) is 1.78. The van der Waals surface area contributed by atoms with Crippen molar-refractivity contribution in [2.45, 2.75) is 31.7 Å². The first-order valence-corrected chi connectivity index (χ1v) is 9.71. The van der Waals surface area contributed by atoms with Gasteiger partial charge >= 0.3 is 0 Å². The Morgan fingerprint density at radius 2 is 1.85 bits per heavy atom. The maximum Gasteiger partial charge on any atom is 0.223 e. The highest BCUT2D eigenvalue weighted by Gasteiger charge is 2.35. The fourth-order valence-corrected chi connectivity index (χ4v) is 3.84. The lowest BCUT2D eigenvalue weighted by Gasteiger charge is -2.33. The van der Waals surface area contributed by atoms with Crippen LogP contribution in [0.2, 0.25) is 0 Å². The Balaban J connectivity index is 1.34. The maximum atomic E-state index is 12.9. The summed E-state index contributed by atoms with van der Waals surface area (Å²) in [6.45, 7) is 1.63. The summed E-state index contributed by atoms with van der Waals surface area (Å²) in [7, 11) is 0. The lowest BCUT2D eigenvalue weighted by molar-refractivity contribution is -0.126. The third-order valence-electron chi connectivity index (χ3n) is 5.62. The van der Waals surface area contributed by atoms with Gasteiger partial charge in [0.1, 0.15) is 11.9 Å². The molecule has 1 aliphatic heterocycles. The number of rotatable bonds is 5. The van der Waals surface area contributed by atoms with Gasteiger partial charge in [-0.25, -0.2) is 4.98 Å². The molecule has 4 rings (SSSR count). The lowest BCUT2D eigenvalue weighted by Crippen LogP contribution is -2.42. The van der Waals surface area contributed by atoms with Gasteiger partial charge in [0.25, 0.3) is 0 Å². The molecule has 1 aliphatic carbocycles. The van der Waals surface area contributed by atoms with Crippen molar-refractivity contribution in [3.63, 3.8) is 0 Å². The van der Waals surface area contributed by atoms with Gasteiger partial charge in [0.05, 0.1) is 11.6 Å². The number of nitriles is 1. The molecule has 138 valence electrons. The minimum Gasteiger partial charge on any atom is -0.357 e. The number of carbonyl (C=O) groups is 1. The van der Waals surface area contributed by atoms with Gasteiger partial charge in [-0.15, -0.1) is 0 Å². The molecule has 0 radical (unpaired) electrons. The Morgan fingerprint density at radius 1 is 1.11 bits per heavy atom. The molecule has 1 atom stereocenters. The van der Waals surface area contributed by atoms with Gasteiger partial charge in [-0.05, 0) is 49.3 Å². The van der Waals surface area contributed by atoms with Gasteiger partial charge in [0.15, 0.2) is 0 Å². The molecule has 1 unspecified atom stereocenters. The highest BCUT2D eigenvalue weighted by Crippen LogP contribution is 2.41. The maximum absolute atomic E-state index is 12.9. The summed E-state index contributed by atoms with van der Waals surface area (Å²) in [4.78, 5) is 19.4. The number of hydrogen-bond donors (Lipinski definition) is 1. The first-order chi connectivity index (χ1) is 13.2. The van der Waals surface area contributed by atoms with E-state index in [0.717, 1.165) is 31.7 Å². The molecule has 5 heteroatoms. The zero-order valence-electron chi connectivity index (χ0n) is 15.3. The Labute approximate surface area is 160 Å². The van der Waals surface area contributed by atoms with E-state index in [1.54, 1.807) is 12.3 Å². The Hall–Kier alpha value is -2.87. The van der Waals surface area contributed by atoms with E-state index in [0.29, 0.717) is 11.5 Å². The standard InChI is InChI=1S/C22H24N4O/c23-14-16-6-9-20(24-15-16)26-12-10-19(11-13-26)22(27)25-21(18-7-8-18)17-4-2-1-3-5-17/h1-6,9,15,18-19,21H,7-8,10-13H2,(H,25,27). The van der Waals surface area contributed by atoms with E-state index in [1.165, 1.54) is 18.4 Å². The molecule has 1 saturated heterocycles. The van der Waals surface area contributed by atoms with Crippen LogP contribution >= 0.6 is 0 Å². The monoisotopic (exact) mass is 360 g/mol. The summed E-state index contributed by atoms with van der Waals surface area (Å²) in [5.74, 6) is 1.71. The summed E-state index contributed by atoms with van der Waals surface area (Å²) in [5, 5.41) is 12.2. The summed E-state index contributed by atoms with van der Waals surface area (Å²) in [6.07, 6.45) is 5.67. The van der Waals surface area contributed by atoms with Crippen molar-refractivity contribution < 1.29 is 4.79 Å². The minimum absolute atomic E-state index is 0.0598. The fourth-order valence-electron chi connectivity index (χ4n) is 3.84. The first-order valence-electron chi connectivity index (χ1n) is 9.71. The summed E-state index contributed by atoms with van der Waals surface area (Å²) in [6, 6.07) is 16.2. The summed E-state index contributed by atoms with van der Waals surface area (Å²) >= 11 is 0. The predicted molar refractivity (Wildman–Crippen MR) is 104 cm³/mol. The number of benzene rings is 1. The van der Waals surface area contributed by atoms with E-state index >= 15 is 0 Å². The predicted octanol–water partition coefficient (Wildman–Crippen LogP) is 3.44. The Morgan fingerprint density at radius 3 is 2.44 bits per heavy atom. The van der Waals surface area contributed by atoms with Gasteiger partial charge in [-0.3, -0.25) is 4.79 Å². The molecule has 0 bridgehead atoms. The number of piperidine rings is 1. The number of aromatic nitrogens is 1. The molecule has 1 aromatic heterocycles. The van der Waals surface area contributed by atoms with E-state index in [4.69, 9.17) is 5.26 Å². The smallest absolute Gasteiger partial charge is 0.223 e. The van der Waals surface area contributed by atoms with E-state index in [1.807, 2.05) is 24.3 Å². The molecule has 0 spiro atoms. The van der Waals surface area contributed by atoms with Crippen LogP contribution in [0.25, 0.3) is 0 Å². The third kappa shape index (κ3) is 4.11. The van der Waals surface area contributed by atoms with Crippen molar-refractivity contribution in [2.75, 3.05) is 18.0 Å². The van der Waals surface area contributed by atoms with E-state index in [9.17, 15) is 4.79 Å². The molecular weight excluding hydrogens is 336 g/mol. The van der Waals surface area contributed by atoms with Crippen molar-refractivity contribution in [3.8, 4) is 6.07 Å². The van der Waals surface area contributed by atoms with Crippen LogP contribution in [0.1, 0.15) is 42.9 Å². The molecule has 1 saturated carbocycles. The zero-order valence-corrected chi connectivity index (χ0v) is 15.3. The van der Waals surface area contributed by atoms with Crippen LogP contribution < -0.4 is 10.2 Å². The normalized spacial score (nSPS) is 18.6. The lowest BCUT2D eigenvalue weighted by atomic mass is 9.94. The van der Waals surface area contributed by atoms with Gasteiger partial charge in [0.2, 0.25) is 5.91 Å². The molecule has 2 fully saturated rings. The van der Waals surface area contributed by atoms with Crippen LogP contribution in [0.4, 0.5) is 5.82 Å². The number of hydrogen-bond acceptors (Lipinski definition) is 4. The van der Waals surface area contributed by atoms with Crippen LogP contribution in [-0.4, -0.2) is 24.0 Å². The third-order valence-corrected chi connectivity index (χ3v) is 5.62. The van der Waals surface area contributed by atoms with Crippen molar-refractivity contribution in [2.24, 2.45) is 11.8 Å². The molecule has 1 amide bonds. The van der Waals surface area contributed by atoms with Crippen LogP contribution in [0.15, 0.2) is 48.7 Å². The van der Waals surface area contributed by atoms with E-state index < -0.39 is 0 Å². The average Bonchev–Trinajstić information content (AvgIpc) is 3.58. The van der Waals surface area contributed by atoms with Gasteiger partial charge in [0, 0.05) is 25.2 Å². The minimum atomic E-state index is 0.0598. The Kier molecular flexibility index (Phi) is 5.06. The highest BCUT2D eigenvalue weighted by atomic mass is 16.2. The number of carbonyl (C=O) groups excluding carboxylic acids is 1. The van der Waals surface area contributed by atoms with Crippen molar-refractivity contribution >= 4 is 11.7 Å². The molecule has 2 aliphatic rings. The second-order valence-corrected chi connectivity index (χ2v) is 7.51. The largest absolute Gasteiger partial charge is 0.357 e. The number of anilines is 1. The van der Waals surface area contributed by atoms with Crippen molar-refractivity contribution in [3.05, 3.63) is 59.8 Å². The van der Waals surface area contributed by atoms with Crippen LogP contribution in [-0.2, 0) is 4.79 Å². The molecule has 2 heterocycles. The molecule has 1 aromatic carbocycles. The number of amides is 1. The van der Waals surface area contributed by atoms with Crippen LogP contribution in [0.5, 0.6) is 0 Å². The van der Waals surface area contributed by atoms with Crippen molar-refractivity contribution in [1.29, 1.82) is 5.26 Å². The van der Waals surface area contributed by atoms with E-state index in [-0.39, 0.29) is 17.9 Å². The van der Waals surface area contributed by atoms with Crippen LogP contribution in [0, 0.1) is 23.2 Å². The van der Waals surface area contributed by atoms with Crippen LogP contribution in [0.3, 0.4) is 0 Å². The number of nitrogens with zero attached hydrogens (tertiary/aromatic N) is 3. The number of pyridine rings is 1. The molecule has 2 aromatic rings.